The zero-order chi connectivity index (χ0) is 15.0. The first-order valence-corrected chi connectivity index (χ1v) is 7.41. The minimum absolute atomic E-state index is 0.252. The van der Waals surface area contributed by atoms with E-state index < -0.39 is 5.97 Å². The Morgan fingerprint density at radius 3 is 2.71 bits per heavy atom. The summed E-state index contributed by atoms with van der Waals surface area (Å²) in [6.07, 6.45) is 1.80. The Labute approximate surface area is 123 Å². The molecule has 0 bridgehead atoms. The highest BCUT2D eigenvalue weighted by Crippen LogP contribution is 2.32. The number of benzene rings is 1. The maximum Gasteiger partial charge on any atom is 0.337 e. The predicted octanol–water partition coefficient (Wildman–Crippen LogP) is 3.21. The molecule has 1 aromatic carbocycles. The van der Waals surface area contributed by atoms with Crippen molar-refractivity contribution >= 4 is 17.0 Å². The minimum Gasteiger partial charge on any atom is -0.478 e. The second kappa shape index (κ2) is 5.48. The van der Waals surface area contributed by atoms with E-state index in [0.29, 0.717) is 5.56 Å². The van der Waals surface area contributed by atoms with Crippen molar-refractivity contribution in [1.82, 2.24) is 9.55 Å². The van der Waals surface area contributed by atoms with Crippen LogP contribution in [0.2, 0.25) is 0 Å². The first-order chi connectivity index (χ1) is 10.1. The van der Waals surface area contributed by atoms with Crippen molar-refractivity contribution in [2.24, 2.45) is 0 Å². The number of fused-ring (bicyclic) bond motifs is 1. The van der Waals surface area contributed by atoms with Gasteiger partial charge in [-0.25, -0.2) is 9.78 Å². The molecule has 0 atom stereocenters. The van der Waals surface area contributed by atoms with E-state index in [-0.39, 0.29) is 12.0 Å². The molecule has 1 aliphatic heterocycles. The number of hydrogen-bond donors (Lipinski definition) is 1. The van der Waals surface area contributed by atoms with E-state index >= 15 is 0 Å². The second-order valence-corrected chi connectivity index (χ2v) is 5.82. The average molecular weight is 288 g/mol. The lowest BCUT2D eigenvalue weighted by molar-refractivity contribution is 0.0685. The molecule has 0 amide bonds. The molecule has 0 saturated carbocycles. The van der Waals surface area contributed by atoms with E-state index in [1.54, 1.807) is 12.1 Å². The molecule has 0 unspecified atom stereocenters. The standard InChI is InChI=1S/C16H20N2O3/c1-10(2)15-17-13-5-3-4-12(16(19)20)14(13)18(15)11-6-8-21-9-7-11/h3-5,10-11H,6-9H2,1-2H3,(H,19,20). The molecule has 21 heavy (non-hydrogen) atoms. The minimum atomic E-state index is -0.899. The number of carboxylic acids is 1. The lowest BCUT2D eigenvalue weighted by Crippen LogP contribution is -2.22. The zero-order valence-electron chi connectivity index (χ0n) is 12.4. The van der Waals surface area contributed by atoms with Gasteiger partial charge in [0.25, 0.3) is 0 Å². The zero-order valence-corrected chi connectivity index (χ0v) is 12.4. The Kier molecular flexibility index (Phi) is 3.68. The highest BCUT2D eigenvalue weighted by Gasteiger charge is 2.25. The number of imidazole rings is 1. The molecule has 2 aromatic rings. The maximum atomic E-state index is 11.6. The van der Waals surface area contributed by atoms with Crippen LogP contribution in [0.1, 0.15) is 54.8 Å². The first-order valence-electron chi connectivity index (χ1n) is 7.41. The lowest BCUT2D eigenvalue weighted by atomic mass is 10.1. The largest absolute Gasteiger partial charge is 0.478 e. The molecule has 5 nitrogen and oxygen atoms in total. The Bertz CT molecular complexity index is 669. The molecule has 112 valence electrons. The number of nitrogens with zero attached hydrogens (tertiary/aromatic N) is 2. The smallest absolute Gasteiger partial charge is 0.337 e. The van der Waals surface area contributed by atoms with E-state index in [0.717, 1.165) is 42.9 Å². The Balaban J connectivity index is 2.26. The van der Waals surface area contributed by atoms with E-state index in [9.17, 15) is 9.90 Å². The third-order valence-electron chi connectivity index (χ3n) is 4.04. The van der Waals surface area contributed by atoms with Gasteiger partial charge in [-0.2, -0.15) is 0 Å². The van der Waals surface area contributed by atoms with Gasteiger partial charge >= 0.3 is 5.97 Å². The van der Waals surface area contributed by atoms with E-state index in [2.05, 4.69) is 23.4 Å². The summed E-state index contributed by atoms with van der Waals surface area (Å²) < 4.78 is 7.58. The van der Waals surface area contributed by atoms with Gasteiger partial charge in [0.2, 0.25) is 0 Å². The van der Waals surface area contributed by atoms with Crippen LogP contribution in [0.15, 0.2) is 18.2 Å². The topological polar surface area (TPSA) is 64.3 Å². The van der Waals surface area contributed by atoms with Crippen LogP contribution in [0.3, 0.4) is 0 Å². The van der Waals surface area contributed by atoms with Gasteiger partial charge in [0.05, 0.1) is 16.6 Å². The van der Waals surface area contributed by atoms with Crippen LogP contribution in [-0.4, -0.2) is 33.8 Å². The van der Waals surface area contributed by atoms with Gasteiger partial charge in [0.15, 0.2) is 0 Å². The summed E-state index contributed by atoms with van der Waals surface area (Å²) in [6.45, 7) is 5.63. The Hall–Kier alpha value is -1.88. The quantitative estimate of drug-likeness (QED) is 0.942. The highest BCUT2D eigenvalue weighted by atomic mass is 16.5. The molecule has 5 heteroatoms. The van der Waals surface area contributed by atoms with Gasteiger partial charge in [0.1, 0.15) is 5.82 Å². The summed E-state index contributed by atoms with van der Waals surface area (Å²) in [6, 6.07) is 5.58. The normalized spacial score (nSPS) is 16.7. The molecule has 0 radical (unpaired) electrons. The molecule has 1 aromatic heterocycles. The Morgan fingerprint density at radius 2 is 2.10 bits per heavy atom. The molecule has 1 aliphatic rings. The first kappa shape index (κ1) is 14.1. The number of ether oxygens (including phenoxy) is 1. The number of carbonyl (C=O) groups is 1. The summed E-state index contributed by atoms with van der Waals surface area (Å²) >= 11 is 0. The summed E-state index contributed by atoms with van der Waals surface area (Å²) in [5, 5.41) is 9.49. The van der Waals surface area contributed by atoms with Crippen molar-refractivity contribution in [1.29, 1.82) is 0 Å². The predicted molar refractivity (Wildman–Crippen MR) is 79.9 cm³/mol. The number of aromatic carboxylic acids is 1. The fraction of sp³-hybridized carbons (Fsp3) is 0.500. The van der Waals surface area contributed by atoms with E-state index in [1.807, 2.05) is 6.07 Å². The van der Waals surface area contributed by atoms with Crippen molar-refractivity contribution in [2.45, 2.75) is 38.6 Å². The van der Waals surface area contributed by atoms with Gasteiger partial charge in [-0.3, -0.25) is 0 Å². The number of aromatic nitrogens is 2. The molecule has 1 fully saturated rings. The average Bonchev–Trinajstić information content (AvgIpc) is 2.87. The molecule has 3 rings (SSSR count). The van der Waals surface area contributed by atoms with Crippen molar-refractivity contribution in [2.75, 3.05) is 13.2 Å². The van der Waals surface area contributed by atoms with Gasteiger partial charge in [-0.15, -0.1) is 0 Å². The number of hydrogen-bond acceptors (Lipinski definition) is 3. The second-order valence-electron chi connectivity index (χ2n) is 5.82. The van der Waals surface area contributed by atoms with Gasteiger partial charge in [0, 0.05) is 25.2 Å². The number of rotatable bonds is 3. The molecule has 0 aliphatic carbocycles. The van der Waals surface area contributed by atoms with Crippen molar-refractivity contribution in [3.05, 3.63) is 29.6 Å². The number of carboxylic acid groups (broad SMARTS) is 1. The van der Waals surface area contributed by atoms with E-state index in [4.69, 9.17) is 4.74 Å². The van der Waals surface area contributed by atoms with Crippen molar-refractivity contribution in [3.8, 4) is 0 Å². The van der Waals surface area contributed by atoms with Crippen LogP contribution in [0.4, 0.5) is 0 Å². The summed E-state index contributed by atoms with van der Waals surface area (Å²) in [7, 11) is 0. The monoisotopic (exact) mass is 288 g/mol. The molecule has 0 spiro atoms. The Morgan fingerprint density at radius 1 is 1.38 bits per heavy atom. The number of para-hydroxylation sites is 1. The molecular weight excluding hydrogens is 268 g/mol. The van der Waals surface area contributed by atoms with Crippen molar-refractivity contribution < 1.29 is 14.6 Å². The molecular formula is C16H20N2O3. The fourth-order valence-corrected chi connectivity index (χ4v) is 3.06. The van der Waals surface area contributed by atoms with Crippen LogP contribution in [0.25, 0.3) is 11.0 Å². The SMILES string of the molecule is CC(C)c1nc2cccc(C(=O)O)c2n1C1CCOCC1. The summed E-state index contributed by atoms with van der Waals surface area (Å²) in [5.41, 5.74) is 1.85. The lowest BCUT2D eigenvalue weighted by Gasteiger charge is -2.27. The summed E-state index contributed by atoms with van der Waals surface area (Å²) in [4.78, 5) is 16.3. The van der Waals surface area contributed by atoms with Crippen LogP contribution in [0, 0.1) is 0 Å². The molecule has 1 N–H and O–H groups in total. The van der Waals surface area contributed by atoms with Gasteiger partial charge in [-0.05, 0) is 25.0 Å². The fourth-order valence-electron chi connectivity index (χ4n) is 3.06. The van der Waals surface area contributed by atoms with Crippen LogP contribution >= 0.6 is 0 Å². The third kappa shape index (κ3) is 2.42. The molecule has 2 heterocycles. The van der Waals surface area contributed by atoms with Crippen LogP contribution in [-0.2, 0) is 4.74 Å². The van der Waals surface area contributed by atoms with Crippen LogP contribution in [0.5, 0.6) is 0 Å². The van der Waals surface area contributed by atoms with Crippen LogP contribution < -0.4 is 0 Å². The van der Waals surface area contributed by atoms with E-state index in [1.165, 1.54) is 0 Å². The highest BCUT2D eigenvalue weighted by molar-refractivity contribution is 6.01. The van der Waals surface area contributed by atoms with Gasteiger partial charge in [-0.1, -0.05) is 19.9 Å². The maximum absolute atomic E-state index is 11.6. The van der Waals surface area contributed by atoms with Crippen molar-refractivity contribution in [3.63, 3.8) is 0 Å². The third-order valence-corrected chi connectivity index (χ3v) is 4.04. The molecule has 1 saturated heterocycles. The van der Waals surface area contributed by atoms with Gasteiger partial charge < -0.3 is 14.4 Å². The summed E-state index contributed by atoms with van der Waals surface area (Å²) in [5.74, 6) is 0.316.